The zero-order chi connectivity index (χ0) is 20.0. The molecule has 6 nitrogen and oxygen atoms in total. The fraction of sp³-hybridized carbons (Fsp3) is 0.381. The van der Waals surface area contributed by atoms with E-state index in [0.29, 0.717) is 31.7 Å². The maximum Gasteiger partial charge on any atom is 0.251 e. The van der Waals surface area contributed by atoms with Gasteiger partial charge in [-0.05, 0) is 24.1 Å². The van der Waals surface area contributed by atoms with Crippen LogP contribution in [0.4, 0.5) is 0 Å². The Morgan fingerprint density at radius 1 is 0.964 bits per heavy atom. The molecular formula is C21H27N3O3S. The van der Waals surface area contributed by atoms with Gasteiger partial charge in [-0.25, -0.2) is 8.42 Å². The van der Waals surface area contributed by atoms with Crippen molar-refractivity contribution in [2.75, 3.05) is 38.5 Å². The van der Waals surface area contributed by atoms with Gasteiger partial charge >= 0.3 is 0 Å². The van der Waals surface area contributed by atoms with E-state index in [1.165, 1.54) is 9.87 Å². The number of amides is 1. The summed E-state index contributed by atoms with van der Waals surface area (Å²) in [5, 5.41) is 2.72. The van der Waals surface area contributed by atoms with E-state index in [0.717, 1.165) is 12.1 Å². The first-order chi connectivity index (χ1) is 13.5. The zero-order valence-electron chi connectivity index (χ0n) is 16.2. The van der Waals surface area contributed by atoms with Gasteiger partial charge in [-0.2, -0.15) is 4.31 Å². The highest BCUT2D eigenvalue weighted by molar-refractivity contribution is 7.89. The Bertz CT molecular complexity index is 892. The molecule has 2 aromatic rings. The number of hydrogen-bond acceptors (Lipinski definition) is 4. The quantitative estimate of drug-likeness (QED) is 0.769. The van der Waals surface area contributed by atoms with Gasteiger partial charge in [-0.3, -0.25) is 9.69 Å². The Morgan fingerprint density at radius 3 is 2.29 bits per heavy atom. The fourth-order valence-electron chi connectivity index (χ4n) is 3.35. The minimum absolute atomic E-state index is 0.0801. The maximum absolute atomic E-state index is 12.6. The van der Waals surface area contributed by atoms with Crippen LogP contribution in [0.25, 0.3) is 0 Å². The summed E-state index contributed by atoms with van der Waals surface area (Å²) in [6, 6.07) is 17.5. The van der Waals surface area contributed by atoms with Crippen LogP contribution < -0.4 is 5.32 Å². The van der Waals surface area contributed by atoms with Gasteiger partial charge in [0.25, 0.3) is 5.91 Å². The summed E-state index contributed by atoms with van der Waals surface area (Å²) in [6.07, 6.45) is 0. The Kier molecular flexibility index (Phi) is 6.83. The van der Waals surface area contributed by atoms with Gasteiger partial charge in [-0.15, -0.1) is 0 Å². The Labute approximate surface area is 167 Å². The molecule has 1 fully saturated rings. The Balaban J connectivity index is 1.45. The van der Waals surface area contributed by atoms with Crippen molar-refractivity contribution in [2.45, 2.75) is 13.5 Å². The number of nitrogens with zero attached hydrogens (tertiary/aromatic N) is 2. The van der Waals surface area contributed by atoms with E-state index in [9.17, 15) is 13.2 Å². The summed E-state index contributed by atoms with van der Waals surface area (Å²) >= 11 is 0. The van der Waals surface area contributed by atoms with Crippen molar-refractivity contribution in [2.24, 2.45) is 0 Å². The number of hydrogen-bond donors (Lipinski definition) is 1. The highest BCUT2D eigenvalue weighted by atomic mass is 32.2. The third-order valence-corrected chi connectivity index (χ3v) is 6.88. The van der Waals surface area contributed by atoms with Crippen LogP contribution in [-0.4, -0.2) is 62.0 Å². The van der Waals surface area contributed by atoms with Crippen molar-refractivity contribution in [1.82, 2.24) is 14.5 Å². The van der Waals surface area contributed by atoms with Crippen LogP contribution in [0.2, 0.25) is 0 Å². The van der Waals surface area contributed by atoms with Crippen molar-refractivity contribution in [1.29, 1.82) is 0 Å². The third kappa shape index (κ3) is 5.41. The number of sulfonamides is 1. The largest absolute Gasteiger partial charge is 0.351 e. The second kappa shape index (κ2) is 9.32. The lowest BCUT2D eigenvalue weighted by Crippen LogP contribution is -2.49. The predicted octanol–water partition coefficient (Wildman–Crippen LogP) is 1.87. The molecule has 0 unspecified atom stereocenters. The van der Waals surface area contributed by atoms with Gasteiger partial charge in [-0.1, -0.05) is 48.5 Å². The molecule has 0 bridgehead atoms. The Hall–Kier alpha value is -2.22. The van der Waals surface area contributed by atoms with Crippen molar-refractivity contribution in [3.63, 3.8) is 0 Å². The molecule has 150 valence electrons. The maximum atomic E-state index is 12.6. The molecule has 0 spiro atoms. The number of carbonyl (C=O) groups is 1. The molecule has 1 aliphatic heterocycles. The third-order valence-electron chi connectivity index (χ3n) is 5.01. The minimum atomic E-state index is -3.38. The molecule has 7 heteroatoms. The average molecular weight is 402 g/mol. The van der Waals surface area contributed by atoms with E-state index >= 15 is 0 Å². The summed E-state index contributed by atoms with van der Waals surface area (Å²) < 4.78 is 26.7. The van der Waals surface area contributed by atoms with E-state index < -0.39 is 10.0 Å². The first-order valence-corrected chi connectivity index (χ1v) is 11.1. The molecule has 1 N–H and O–H groups in total. The molecule has 28 heavy (non-hydrogen) atoms. The molecule has 0 saturated carbocycles. The van der Waals surface area contributed by atoms with Crippen LogP contribution in [0.5, 0.6) is 0 Å². The lowest BCUT2D eigenvalue weighted by atomic mass is 10.1. The SMILES string of the molecule is Cc1ccccc1C(=O)NCCS(=O)(=O)N1CCN(Cc2ccccc2)CC1. The molecule has 1 saturated heterocycles. The molecular weight excluding hydrogens is 374 g/mol. The second-order valence-electron chi connectivity index (χ2n) is 7.05. The van der Waals surface area contributed by atoms with E-state index in [2.05, 4.69) is 22.3 Å². The van der Waals surface area contributed by atoms with Crippen molar-refractivity contribution in [3.8, 4) is 0 Å². The number of rotatable bonds is 7. The van der Waals surface area contributed by atoms with Gasteiger partial charge in [0.2, 0.25) is 10.0 Å². The standard InChI is InChI=1S/C21H27N3O3S/c1-18-7-5-6-10-20(18)21(25)22-11-16-28(26,27)24-14-12-23(13-15-24)17-19-8-3-2-4-9-19/h2-10H,11-17H2,1H3,(H,22,25). The lowest BCUT2D eigenvalue weighted by Gasteiger charge is -2.34. The number of piperazine rings is 1. The Morgan fingerprint density at radius 2 is 1.61 bits per heavy atom. The number of carbonyl (C=O) groups excluding carboxylic acids is 1. The molecule has 0 aliphatic carbocycles. The molecule has 2 aromatic carbocycles. The van der Waals surface area contributed by atoms with Crippen molar-refractivity contribution < 1.29 is 13.2 Å². The van der Waals surface area contributed by atoms with Gasteiger partial charge in [0.1, 0.15) is 0 Å². The van der Waals surface area contributed by atoms with E-state index in [1.807, 2.05) is 37.3 Å². The van der Waals surface area contributed by atoms with Crippen LogP contribution in [0.3, 0.4) is 0 Å². The zero-order valence-corrected chi connectivity index (χ0v) is 17.0. The smallest absolute Gasteiger partial charge is 0.251 e. The number of nitrogens with one attached hydrogen (secondary N) is 1. The van der Waals surface area contributed by atoms with Gasteiger partial charge in [0, 0.05) is 44.8 Å². The van der Waals surface area contributed by atoms with Crippen LogP contribution >= 0.6 is 0 Å². The highest BCUT2D eigenvalue weighted by Crippen LogP contribution is 2.12. The summed E-state index contributed by atoms with van der Waals surface area (Å²) in [6.45, 7) is 5.21. The summed E-state index contributed by atoms with van der Waals surface area (Å²) in [7, 11) is -3.38. The van der Waals surface area contributed by atoms with Crippen LogP contribution in [0.15, 0.2) is 54.6 Å². The van der Waals surface area contributed by atoms with E-state index in [1.54, 1.807) is 12.1 Å². The van der Waals surface area contributed by atoms with E-state index in [-0.39, 0.29) is 18.2 Å². The van der Waals surface area contributed by atoms with Gasteiger partial charge in [0.15, 0.2) is 0 Å². The molecule has 3 rings (SSSR count). The first kappa shape index (κ1) is 20.5. The summed E-state index contributed by atoms with van der Waals surface area (Å²) in [5.74, 6) is -0.315. The lowest BCUT2D eigenvalue weighted by molar-refractivity contribution is 0.0955. The first-order valence-electron chi connectivity index (χ1n) is 9.53. The molecule has 0 aromatic heterocycles. The summed E-state index contributed by atoms with van der Waals surface area (Å²) in [5.41, 5.74) is 2.68. The molecule has 1 amide bonds. The molecule has 0 radical (unpaired) electrons. The normalized spacial score (nSPS) is 16.0. The average Bonchev–Trinajstić information content (AvgIpc) is 2.69. The molecule has 1 aliphatic rings. The second-order valence-corrected chi connectivity index (χ2v) is 9.14. The molecule has 1 heterocycles. The van der Waals surface area contributed by atoms with Crippen LogP contribution in [0, 0.1) is 6.92 Å². The van der Waals surface area contributed by atoms with Crippen LogP contribution in [0.1, 0.15) is 21.5 Å². The van der Waals surface area contributed by atoms with Gasteiger partial charge < -0.3 is 5.32 Å². The van der Waals surface area contributed by atoms with Crippen LogP contribution in [-0.2, 0) is 16.6 Å². The molecule has 0 atom stereocenters. The van der Waals surface area contributed by atoms with Crippen molar-refractivity contribution in [3.05, 3.63) is 71.3 Å². The highest BCUT2D eigenvalue weighted by Gasteiger charge is 2.26. The predicted molar refractivity (Wildman–Crippen MR) is 111 cm³/mol. The van der Waals surface area contributed by atoms with Crippen molar-refractivity contribution >= 4 is 15.9 Å². The topological polar surface area (TPSA) is 69.7 Å². The monoisotopic (exact) mass is 401 g/mol. The van der Waals surface area contributed by atoms with Gasteiger partial charge in [0.05, 0.1) is 5.75 Å². The van der Waals surface area contributed by atoms with E-state index in [4.69, 9.17) is 0 Å². The number of aryl methyl sites for hydroxylation is 1. The fourth-order valence-corrected chi connectivity index (χ4v) is 4.69. The summed E-state index contributed by atoms with van der Waals surface area (Å²) in [4.78, 5) is 14.5. The number of benzene rings is 2. The minimum Gasteiger partial charge on any atom is -0.351 e.